The van der Waals surface area contributed by atoms with E-state index in [1.807, 2.05) is 6.92 Å². The summed E-state index contributed by atoms with van der Waals surface area (Å²) in [7, 11) is -2.37. The Labute approximate surface area is 175 Å². The van der Waals surface area contributed by atoms with Crippen LogP contribution in [0.3, 0.4) is 0 Å². The first-order valence-electron chi connectivity index (χ1n) is 10.3. The van der Waals surface area contributed by atoms with E-state index in [2.05, 4.69) is 25.1 Å². The average Bonchev–Trinajstić information content (AvgIpc) is 2.76. The number of aliphatic imine (C=N–C) groups is 2. The third kappa shape index (κ3) is 9.19. The molecule has 1 heterocycles. The van der Waals surface area contributed by atoms with Gasteiger partial charge in [0.1, 0.15) is 0 Å². The summed E-state index contributed by atoms with van der Waals surface area (Å²) >= 11 is 0. The van der Waals surface area contributed by atoms with E-state index in [4.69, 9.17) is 4.74 Å². The lowest BCUT2D eigenvalue weighted by atomic mass is 9.96. The third-order valence-corrected chi connectivity index (χ3v) is 6.33. The summed E-state index contributed by atoms with van der Waals surface area (Å²) in [6.07, 6.45) is 6.48. The SMILES string of the molecule is C(=NCCN1CCOCC1)=NC1CCCCC1.COS(=O)(=O)c1ccc(C)cc1. The lowest BCUT2D eigenvalue weighted by Gasteiger charge is -2.25. The molecule has 0 aromatic heterocycles. The van der Waals surface area contributed by atoms with Crippen molar-refractivity contribution in [2.75, 3.05) is 46.5 Å². The Morgan fingerprint density at radius 1 is 1.14 bits per heavy atom. The fourth-order valence-corrected chi connectivity index (χ4v) is 3.86. The molecule has 7 nitrogen and oxygen atoms in total. The minimum Gasteiger partial charge on any atom is -0.379 e. The Hall–Kier alpha value is -1.57. The zero-order chi connectivity index (χ0) is 21.0. The number of aryl methyl sites for hydroxylation is 1. The number of benzene rings is 1. The zero-order valence-electron chi connectivity index (χ0n) is 17.5. The molecule has 0 N–H and O–H groups in total. The molecule has 0 spiro atoms. The molecular weight excluding hydrogens is 390 g/mol. The lowest BCUT2D eigenvalue weighted by molar-refractivity contribution is 0.0395. The van der Waals surface area contributed by atoms with E-state index in [9.17, 15) is 8.42 Å². The van der Waals surface area contributed by atoms with Crippen LogP contribution < -0.4 is 0 Å². The van der Waals surface area contributed by atoms with Gasteiger partial charge in [-0.2, -0.15) is 8.42 Å². The normalized spacial score (nSPS) is 18.3. The molecule has 2 aliphatic rings. The number of rotatable bonds is 6. The van der Waals surface area contributed by atoms with E-state index in [1.165, 1.54) is 44.2 Å². The van der Waals surface area contributed by atoms with Crippen molar-refractivity contribution in [2.24, 2.45) is 9.98 Å². The molecular formula is C21H33N3O4S. The van der Waals surface area contributed by atoms with Crippen molar-refractivity contribution in [1.82, 2.24) is 4.90 Å². The van der Waals surface area contributed by atoms with Crippen molar-refractivity contribution in [1.29, 1.82) is 0 Å². The fraction of sp³-hybridized carbons (Fsp3) is 0.667. The second kappa shape index (κ2) is 12.9. The van der Waals surface area contributed by atoms with Gasteiger partial charge in [-0.3, -0.25) is 9.08 Å². The summed E-state index contributed by atoms with van der Waals surface area (Å²) in [6.45, 7) is 7.51. The molecule has 1 aromatic rings. The molecule has 1 saturated heterocycles. The summed E-state index contributed by atoms with van der Waals surface area (Å²) in [5.74, 6) is 0. The van der Waals surface area contributed by atoms with Crippen LogP contribution in [0.4, 0.5) is 0 Å². The van der Waals surface area contributed by atoms with Crippen molar-refractivity contribution in [3.05, 3.63) is 29.8 Å². The number of hydrogen-bond acceptors (Lipinski definition) is 7. The third-order valence-electron chi connectivity index (χ3n) is 5.05. The maximum absolute atomic E-state index is 11.1. The Morgan fingerprint density at radius 2 is 1.79 bits per heavy atom. The van der Waals surface area contributed by atoms with E-state index in [1.54, 1.807) is 12.1 Å². The Bertz CT molecular complexity index is 747. The Morgan fingerprint density at radius 3 is 2.41 bits per heavy atom. The van der Waals surface area contributed by atoms with Crippen LogP contribution >= 0.6 is 0 Å². The minimum atomic E-state index is -3.51. The predicted octanol–water partition coefficient (Wildman–Crippen LogP) is 3.16. The van der Waals surface area contributed by atoms with E-state index in [0.29, 0.717) is 6.04 Å². The molecule has 1 aliphatic carbocycles. The number of nitrogens with zero attached hydrogens (tertiary/aromatic N) is 3. The van der Waals surface area contributed by atoms with Crippen molar-refractivity contribution in [2.45, 2.75) is 50.0 Å². The highest BCUT2D eigenvalue weighted by Gasteiger charge is 2.12. The van der Waals surface area contributed by atoms with Crippen molar-refractivity contribution in [3.63, 3.8) is 0 Å². The molecule has 0 bridgehead atoms. The summed E-state index contributed by atoms with van der Waals surface area (Å²) < 4.78 is 31.8. The molecule has 29 heavy (non-hydrogen) atoms. The average molecular weight is 424 g/mol. The van der Waals surface area contributed by atoms with Gasteiger partial charge < -0.3 is 4.74 Å². The molecule has 8 heteroatoms. The molecule has 1 aromatic carbocycles. The molecule has 1 aliphatic heterocycles. The molecule has 162 valence electrons. The van der Waals surface area contributed by atoms with Crippen LogP contribution in [0.15, 0.2) is 39.1 Å². The largest absolute Gasteiger partial charge is 0.379 e. The van der Waals surface area contributed by atoms with Gasteiger partial charge in [0.2, 0.25) is 0 Å². The second-order valence-electron chi connectivity index (χ2n) is 7.29. The van der Waals surface area contributed by atoms with E-state index in [0.717, 1.165) is 52.1 Å². The van der Waals surface area contributed by atoms with Gasteiger partial charge in [0.15, 0.2) is 0 Å². The smallest absolute Gasteiger partial charge is 0.296 e. The first kappa shape index (κ1) is 23.7. The van der Waals surface area contributed by atoms with Crippen LogP contribution in [0.5, 0.6) is 0 Å². The highest BCUT2D eigenvalue weighted by Crippen LogP contribution is 2.19. The summed E-state index contributed by atoms with van der Waals surface area (Å²) in [6, 6.07) is 9.88. The summed E-state index contributed by atoms with van der Waals surface area (Å²) in [5, 5.41) is 0. The standard InChI is InChI=1S/C13H23N3O.C8H10O3S/c1-2-4-13(5-3-1)15-12-14-6-7-16-8-10-17-11-9-16;1-7-3-5-8(6-4-7)12(9,10)11-2/h13H,1-11H2;3-6H,1-2H3. The number of morpholine rings is 1. The van der Waals surface area contributed by atoms with E-state index < -0.39 is 10.1 Å². The molecule has 0 radical (unpaired) electrons. The van der Waals surface area contributed by atoms with Gasteiger partial charge >= 0.3 is 0 Å². The van der Waals surface area contributed by atoms with Crippen molar-refractivity contribution in [3.8, 4) is 0 Å². The zero-order valence-corrected chi connectivity index (χ0v) is 18.4. The molecule has 0 unspecified atom stereocenters. The first-order valence-corrected chi connectivity index (χ1v) is 11.7. The summed E-state index contributed by atoms with van der Waals surface area (Å²) in [4.78, 5) is 11.2. The minimum absolute atomic E-state index is 0.190. The number of ether oxygens (including phenoxy) is 1. The van der Waals surface area contributed by atoms with Gasteiger partial charge in [-0.1, -0.05) is 37.0 Å². The van der Waals surface area contributed by atoms with E-state index in [-0.39, 0.29) is 4.90 Å². The molecule has 1 saturated carbocycles. The molecule has 2 fully saturated rings. The van der Waals surface area contributed by atoms with Crippen molar-refractivity contribution >= 4 is 16.1 Å². The second-order valence-corrected chi connectivity index (χ2v) is 9.00. The Balaban J connectivity index is 0.000000221. The highest BCUT2D eigenvalue weighted by atomic mass is 32.2. The van der Waals surface area contributed by atoms with Gasteiger partial charge in [-0.15, -0.1) is 0 Å². The maximum atomic E-state index is 11.1. The van der Waals surface area contributed by atoms with Gasteiger partial charge in [-0.25, -0.2) is 9.98 Å². The first-order chi connectivity index (χ1) is 14.0. The number of hydrogen-bond donors (Lipinski definition) is 0. The lowest BCUT2D eigenvalue weighted by Crippen LogP contribution is -2.37. The van der Waals surface area contributed by atoms with Crippen molar-refractivity contribution < 1.29 is 17.3 Å². The van der Waals surface area contributed by atoms with Gasteiger partial charge in [0, 0.05) is 19.6 Å². The van der Waals surface area contributed by atoms with E-state index >= 15 is 0 Å². The predicted molar refractivity (Wildman–Crippen MR) is 114 cm³/mol. The molecule has 0 atom stereocenters. The monoisotopic (exact) mass is 423 g/mol. The van der Waals surface area contributed by atoms with Crippen LogP contribution in [0, 0.1) is 6.92 Å². The fourth-order valence-electron chi connectivity index (χ4n) is 3.20. The van der Waals surface area contributed by atoms with Gasteiger partial charge in [0.25, 0.3) is 10.1 Å². The molecule has 0 amide bonds. The van der Waals surface area contributed by atoms with Crippen LogP contribution in [0.2, 0.25) is 0 Å². The van der Waals surface area contributed by atoms with Crippen LogP contribution in [-0.4, -0.2) is 71.9 Å². The van der Waals surface area contributed by atoms with Gasteiger partial charge in [0.05, 0.1) is 43.8 Å². The van der Waals surface area contributed by atoms with Crippen LogP contribution in [-0.2, 0) is 19.0 Å². The summed E-state index contributed by atoms with van der Waals surface area (Å²) in [5.41, 5.74) is 1.02. The van der Waals surface area contributed by atoms with Gasteiger partial charge in [-0.05, 0) is 31.9 Å². The van der Waals surface area contributed by atoms with Crippen LogP contribution in [0.1, 0.15) is 37.7 Å². The topological polar surface area (TPSA) is 80.6 Å². The van der Waals surface area contributed by atoms with Crippen LogP contribution in [0.25, 0.3) is 0 Å². The maximum Gasteiger partial charge on any atom is 0.296 e. The Kier molecular flexibility index (Phi) is 10.5. The highest BCUT2D eigenvalue weighted by molar-refractivity contribution is 7.86. The quantitative estimate of drug-likeness (QED) is 0.519. The molecule has 3 rings (SSSR count).